The summed E-state index contributed by atoms with van der Waals surface area (Å²) in [6.07, 6.45) is 0. The normalized spacial score (nSPS) is 11.9. The number of carbonyl (C=O) groups is 1. The Balaban J connectivity index is 2.53. The molecular formula is C20H18N2O5. The van der Waals surface area contributed by atoms with Crippen LogP contribution in [-0.4, -0.2) is 15.8 Å². The molecule has 0 unspecified atom stereocenters. The number of ether oxygens (including phenoxy) is 1. The van der Waals surface area contributed by atoms with E-state index >= 15 is 0 Å². The van der Waals surface area contributed by atoms with Crippen molar-refractivity contribution < 1.29 is 19.6 Å². The third kappa shape index (κ3) is 4.50. The van der Waals surface area contributed by atoms with Gasteiger partial charge in [0.25, 0.3) is 5.69 Å². The molecule has 0 aliphatic rings. The Morgan fingerprint density at radius 3 is 2.30 bits per heavy atom. The second kappa shape index (κ2) is 7.70. The number of benzene rings is 2. The van der Waals surface area contributed by atoms with Crippen molar-refractivity contribution in [2.24, 2.45) is 5.41 Å². The lowest BCUT2D eigenvalue weighted by Crippen LogP contribution is -2.22. The minimum atomic E-state index is -0.926. The Kier molecular flexibility index (Phi) is 5.61. The van der Waals surface area contributed by atoms with Crippen LogP contribution in [0.1, 0.15) is 26.3 Å². The number of aliphatic hydroxyl groups is 1. The molecule has 7 heteroatoms. The van der Waals surface area contributed by atoms with Gasteiger partial charge in [0.1, 0.15) is 23.1 Å². The number of carbonyl (C=O) groups excluding carboxylic acids is 1. The molecule has 0 radical (unpaired) electrons. The number of para-hydroxylation sites is 1. The summed E-state index contributed by atoms with van der Waals surface area (Å²) in [4.78, 5) is 23.1. The molecule has 2 aromatic carbocycles. The Morgan fingerprint density at radius 1 is 1.15 bits per heavy atom. The zero-order chi connectivity index (χ0) is 20.2. The summed E-state index contributed by atoms with van der Waals surface area (Å²) in [6.45, 7) is 4.77. The summed E-state index contributed by atoms with van der Waals surface area (Å²) < 4.78 is 5.56. The molecule has 0 saturated carbocycles. The average Bonchev–Trinajstić information content (AvgIpc) is 2.62. The van der Waals surface area contributed by atoms with E-state index in [1.165, 1.54) is 12.1 Å². The van der Waals surface area contributed by atoms with E-state index in [-0.39, 0.29) is 11.3 Å². The molecular weight excluding hydrogens is 348 g/mol. The molecule has 0 atom stereocenters. The molecule has 0 amide bonds. The number of Topliss-reactive ketones (excluding diaryl/α,β-unsaturated/α-hetero) is 1. The number of hydrogen-bond acceptors (Lipinski definition) is 6. The summed E-state index contributed by atoms with van der Waals surface area (Å²) in [5.41, 5.74) is -2.16. The maximum Gasteiger partial charge on any atom is 0.284 e. The zero-order valence-corrected chi connectivity index (χ0v) is 15.1. The first-order valence-electron chi connectivity index (χ1n) is 8.05. The first-order valence-corrected chi connectivity index (χ1v) is 8.05. The molecule has 7 nitrogen and oxygen atoms in total. The highest BCUT2D eigenvalue weighted by molar-refractivity contribution is 6.08. The first kappa shape index (κ1) is 19.7. The summed E-state index contributed by atoms with van der Waals surface area (Å²) >= 11 is 0. The van der Waals surface area contributed by atoms with Crippen LogP contribution in [0.15, 0.2) is 54.1 Å². The average molecular weight is 366 g/mol. The lowest BCUT2D eigenvalue weighted by Gasteiger charge is -2.16. The van der Waals surface area contributed by atoms with E-state index in [9.17, 15) is 25.3 Å². The van der Waals surface area contributed by atoms with Crippen LogP contribution in [0, 0.1) is 26.9 Å². The van der Waals surface area contributed by atoms with Gasteiger partial charge in [-0.25, -0.2) is 0 Å². The molecule has 138 valence electrons. The number of nitro groups is 1. The quantitative estimate of drug-likeness (QED) is 0.267. The van der Waals surface area contributed by atoms with Crippen LogP contribution in [0.5, 0.6) is 11.5 Å². The van der Waals surface area contributed by atoms with Crippen molar-refractivity contribution in [3.05, 3.63) is 69.8 Å². The van der Waals surface area contributed by atoms with E-state index in [4.69, 9.17) is 4.74 Å². The predicted octanol–water partition coefficient (Wildman–Crippen LogP) is 4.79. The fourth-order valence-corrected chi connectivity index (χ4v) is 2.27. The third-order valence-corrected chi connectivity index (χ3v) is 3.66. The molecule has 27 heavy (non-hydrogen) atoms. The van der Waals surface area contributed by atoms with E-state index < -0.39 is 33.1 Å². The molecule has 0 spiro atoms. The van der Waals surface area contributed by atoms with Gasteiger partial charge in [0.2, 0.25) is 0 Å². The van der Waals surface area contributed by atoms with E-state index in [0.717, 1.165) is 6.07 Å². The predicted molar refractivity (Wildman–Crippen MR) is 99.2 cm³/mol. The van der Waals surface area contributed by atoms with Gasteiger partial charge in [-0.3, -0.25) is 14.9 Å². The molecule has 0 aromatic heterocycles. The van der Waals surface area contributed by atoms with Gasteiger partial charge < -0.3 is 9.84 Å². The summed E-state index contributed by atoms with van der Waals surface area (Å²) in [5.74, 6) is -0.665. The molecule has 2 aromatic rings. The molecule has 2 rings (SSSR count). The largest absolute Gasteiger partial charge is 0.506 e. The monoisotopic (exact) mass is 366 g/mol. The Labute approximate surface area is 156 Å². The lowest BCUT2D eigenvalue weighted by atomic mass is 9.85. The Morgan fingerprint density at radius 2 is 1.78 bits per heavy atom. The minimum absolute atomic E-state index is 0.185. The number of nitriles is 1. The number of rotatable bonds is 5. The molecule has 0 aliphatic heterocycles. The van der Waals surface area contributed by atoms with E-state index in [1.807, 2.05) is 0 Å². The van der Waals surface area contributed by atoms with Crippen molar-refractivity contribution in [1.82, 2.24) is 0 Å². The molecule has 0 fully saturated rings. The van der Waals surface area contributed by atoms with Gasteiger partial charge in [0.05, 0.1) is 16.6 Å². The highest BCUT2D eigenvalue weighted by atomic mass is 16.6. The number of nitro benzene ring substituents is 1. The fraction of sp³-hybridized carbons (Fsp3) is 0.200. The highest BCUT2D eigenvalue weighted by Gasteiger charge is 2.30. The minimum Gasteiger partial charge on any atom is -0.506 e. The molecule has 0 bridgehead atoms. The van der Waals surface area contributed by atoms with Crippen molar-refractivity contribution >= 4 is 17.2 Å². The SMILES string of the molecule is CC(C)(C)C(=O)/C(C#N)=C(\O)c1ccc(Oc2ccccc2)cc1[N+](=O)[O-]. The van der Waals surface area contributed by atoms with Crippen LogP contribution in [-0.2, 0) is 4.79 Å². The van der Waals surface area contributed by atoms with Gasteiger partial charge in [0, 0.05) is 5.41 Å². The van der Waals surface area contributed by atoms with Gasteiger partial charge in [-0.05, 0) is 24.3 Å². The van der Waals surface area contributed by atoms with Gasteiger partial charge in [-0.15, -0.1) is 0 Å². The summed E-state index contributed by atoms with van der Waals surface area (Å²) in [7, 11) is 0. The van der Waals surface area contributed by atoms with Crippen LogP contribution in [0.3, 0.4) is 0 Å². The number of hydrogen-bond donors (Lipinski definition) is 1. The van der Waals surface area contributed by atoms with Crippen molar-refractivity contribution in [3.63, 3.8) is 0 Å². The van der Waals surface area contributed by atoms with Gasteiger partial charge in [0.15, 0.2) is 11.5 Å². The van der Waals surface area contributed by atoms with Crippen molar-refractivity contribution in [2.75, 3.05) is 0 Å². The molecule has 0 heterocycles. The Hall–Kier alpha value is -3.66. The summed E-state index contributed by atoms with van der Waals surface area (Å²) in [5, 5.41) is 31.2. The van der Waals surface area contributed by atoms with Crippen LogP contribution in [0.2, 0.25) is 0 Å². The first-order chi connectivity index (χ1) is 12.6. The van der Waals surface area contributed by atoms with Crippen molar-refractivity contribution in [3.8, 4) is 17.6 Å². The second-order valence-electron chi connectivity index (χ2n) is 6.77. The van der Waals surface area contributed by atoms with E-state index in [0.29, 0.717) is 5.75 Å². The van der Waals surface area contributed by atoms with Gasteiger partial charge in [-0.2, -0.15) is 5.26 Å². The van der Waals surface area contributed by atoms with Crippen molar-refractivity contribution in [2.45, 2.75) is 20.8 Å². The van der Waals surface area contributed by atoms with Crippen LogP contribution in [0.25, 0.3) is 5.76 Å². The van der Waals surface area contributed by atoms with E-state index in [1.54, 1.807) is 57.2 Å². The molecule has 0 saturated heterocycles. The lowest BCUT2D eigenvalue weighted by molar-refractivity contribution is -0.385. The third-order valence-electron chi connectivity index (χ3n) is 3.66. The highest BCUT2D eigenvalue weighted by Crippen LogP contribution is 2.34. The van der Waals surface area contributed by atoms with E-state index in [2.05, 4.69) is 0 Å². The zero-order valence-electron chi connectivity index (χ0n) is 15.1. The van der Waals surface area contributed by atoms with Gasteiger partial charge >= 0.3 is 0 Å². The maximum absolute atomic E-state index is 12.4. The van der Waals surface area contributed by atoms with Crippen LogP contribution < -0.4 is 4.74 Å². The molecule has 0 aliphatic carbocycles. The number of allylic oxidation sites excluding steroid dienone is 1. The maximum atomic E-state index is 12.4. The summed E-state index contributed by atoms with van der Waals surface area (Å²) in [6, 6.07) is 14.1. The fourth-order valence-electron chi connectivity index (χ4n) is 2.27. The number of nitrogens with zero attached hydrogens (tertiary/aromatic N) is 2. The number of ketones is 1. The standard InChI is InChI=1S/C20H18N2O5/c1-20(2,3)19(24)16(12-21)18(23)15-10-9-14(11-17(15)22(25)26)27-13-7-5-4-6-8-13/h4-11,23H,1-3H3/b18-16-. The van der Waals surface area contributed by atoms with Crippen molar-refractivity contribution in [1.29, 1.82) is 5.26 Å². The number of aliphatic hydroxyl groups excluding tert-OH is 1. The Bertz CT molecular complexity index is 951. The second-order valence-corrected chi connectivity index (χ2v) is 6.77. The van der Waals surface area contributed by atoms with Crippen LogP contribution in [0.4, 0.5) is 5.69 Å². The van der Waals surface area contributed by atoms with Crippen LogP contribution >= 0.6 is 0 Å². The smallest absolute Gasteiger partial charge is 0.284 e. The molecule has 1 N–H and O–H groups in total. The topological polar surface area (TPSA) is 113 Å². The van der Waals surface area contributed by atoms with Gasteiger partial charge in [-0.1, -0.05) is 39.0 Å².